The van der Waals surface area contributed by atoms with Crippen LogP contribution in [0.4, 0.5) is 4.79 Å². The third-order valence-electron chi connectivity index (χ3n) is 5.77. The molecule has 0 aromatic heterocycles. The van der Waals surface area contributed by atoms with Crippen LogP contribution in [0.25, 0.3) is 0 Å². The smallest absolute Gasteiger partial charge is 0.408 e. The molecule has 2 rings (SSSR count). The summed E-state index contributed by atoms with van der Waals surface area (Å²) < 4.78 is 10.2. The Hall–Kier alpha value is -3.10. The first-order chi connectivity index (χ1) is 16.4. The van der Waals surface area contributed by atoms with Gasteiger partial charge < -0.3 is 25.0 Å². The highest BCUT2D eigenvalue weighted by Crippen LogP contribution is 2.34. The summed E-state index contributed by atoms with van der Waals surface area (Å²) in [5.41, 5.74) is 0.858. The number of hydrogen-bond acceptors (Lipinski definition) is 6. The molecule has 1 aromatic carbocycles. The molecule has 0 saturated heterocycles. The quantitative estimate of drug-likeness (QED) is 0.487. The van der Waals surface area contributed by atoms with Crippen molar-refractivity contribution in [1.29, 1.82) is 0 Å². The highest BCUT2D eigenvalue weighted by molar-refractivity contribution is 5.92. The normalized spacial score (nSPS) is 15.3. The molecule has 1 fully saturated rings. The number of hydrogen-bond donors (Lipinski definition) is 2. The minimum atomic E-state index is -0.904. The van der Waals surface area contributed by atoms with E-state index in [0.717, 1.165) is 24.8 Å². The first kappa shape index (κ1) is 28.1. The molecule has 9 nitrogen and oxygen atoms in total. The lowest BCUT2D eigenvalue weighted by Crippen LogP contribution is -2.57. The maximum Gasteiger partial charge on any atom is 0.408 e. The highest BCUT2D eigenvalue weighted by Gasteiger charge is 2.41. The van der Waals surface area contributed by atoms with Crippen molar-refractivity contribution in [2.75, 3.05) is 13.2 Å². The van der Waals surface area contributed by atoms with Crippen molar-refractivity contribution < 1.29 is 28.7 Å². The predicted molar refractivity (Wildman–Crippen MR) is 131 cm³/mol. The summed E-state index contributed by atoms with van der Waals surface area (Å²) >= 11 is 0. The maximum atomic E-state index is 13.7. The standard InChI is InChI=1S/C26H39N3O6/c1-7-34-21(30)15-16-27-23(31)22(20-14-9-8-11-17(20)2)29(19-12-10-13-19)24(32)18(3)28-25(33)35-26(4,5)6/h8-9,11,14,18-19,22H,7,10,12-13,15-16H2,1-6H3,(H,27,31)(H,28,33). The number of nitrogens with one attached hydrogen (secondary N) is 2. The second-order valence-corrected chi connectivity index (χ2v) is 9.80. The van der Waals surface area contributed by atoms with E-state index in [4.69, 9.17) is 9.47 Å². The van der Waals surface area contributed by atoms with Gasteiger partial charge in [0, 0.05) is 12.6 Å². The molecule has 2 N–H and O–H groups in total. The predicted octanol–water partition coefficient (Wildman–Crippen LogP) is 3.40. The van der Waals surface area contributed by atoms with Crippen LogP contribution in [0.5, 0.6) is 0 Å². The summed E-state index contributed by atoms with van der Waals surface area (Å²) in [6.07, 6.45) is 1.83. The second-order valence-electron chi connectivity index (χ2n) is 9.80. The van der Waals surface area contributed by atoms with Crippen LogP contribution in [-0.2, 0) is 23.9 Å². The molecule has 0 aliphatic heterocycles. The summed E-state index contributed by atoms with van der Waals surface area (Å²) in [7, 11) is 0. The van der Waals surface area contributed by atoms with E-state index in [9.17, 15) is 19.2 Å². The van der Waals surface area contributed by atoms with Crippen LogP contribution in [0.1, 0.15) is 77.5 Å². The van der Waals surface area contributed by atoms with Gasteiger partial charge in [-0.2, -0.15) is 0 Å². The molecular formula is C26H39N3O6. The lowest BCUT2D eigenvalue weighted by molar-refractivity contribution is -0.147. The lowest BCUT2D eigenvalue weighted by Gasteiger charge is -2.43. The first-order valence-electron chi connectivity index (χ1n) is 12.2. The number of nitrogens with zero attached hydrogens (tertiary/aromatic N) is 1. The van der Waals surface area contributed by atoms with Gasteiger partial charge in [-0.1, -0.05) is 24.3 Å². The Morgan fingerprint density at radius 1 is 1.14 bits per heavy atom. The highest BCUT2D eigenvalue weighted by atomic mass is 16.6. The van der Waals surface area contributed by atoms with Gasteiger partial charge in [0.1, 0.15) is 17.7 Å². The number of benzene rings is 1. The van der Waals surface area contributed by atoms with Crippen LogP contribution in [0.2, 0.25) is 0 Å². The van der Waals surface area contributed by atoms with Crippen LogP contribution in [0.3, 0.4) is 0 Å². The molecule has 194 valence electrons. The van der Waals surface area contributed by atoms with E-state index in [2.05, 4.69) is 10.6 Å². The number of ether oxygens (including phenoxy) is 2. The van der Waals surface area contributed by atoms with E-state index >= 15 is 0 Å². The van der Waals surface area contributed by atoms with E-state index in [1.54, 1.807) is 39.5 Å². The van der Waals surface area contributed by atoms with Gasteiger partial charge in [0.15, 0.2) is 0 Å². The molecule has 2 atom stereocenters. The van der Waals surface area contributed by atoms with E-state index in [0.29, 0.717) is 5.56 Å². The molecule has 3 amide bonds. The zero-order valence-electron chi connectivity index (χ0n) is 21.7. The van der Waals surface area contributed by atoms with Gasteiger partial charge in [-0.15, -0.1) is 0 Å². The number of carbonyl (C=O) groups is 4. The lowest BCUT2D eigenvalue weighted by atomic mass is 9.87. The summed E-state index contributed by atoms with van der Waals surface area (Å²) in [6.45, 7) is 10.8. The molecular weight excluding hydrogens is 450 g/mol. The van der Waals surface area contributed by atoms with Crippen molar-refractivity contribution in [1.82, 2.24) is 15.5 Å². The molecule has 0 spiro atoms. The van der Waals surface area contributed by atoms with E-state index in [1.165, 1.54) is 0 Å². The van der Waals surface area contributed by atoms with Crippen molar-refractivity contribution in [3.8, 4) is 0 Å². The summed E-state index contributed by atoms with van der Waals surface area (Å²) in [5.74, 6) is -1.15. The van der Waals surface area contributed by atoms with Gasteiger partial charge >= 0.3 is 12.1 Å². The Morgan fingerprint density at radius 2 is 1.80 bits per heavy atom. The number of carbonyl (C=O) groups excluding carboxylic acids is 4. The zero-order chi connectivity index (χ0) is 26.2. The molecule has 0 radical (unpaired) electrons. The molecule has 35 heavy (non-hydrogen) atoms. The summed E-state index contributed by atoms with van der Waals surface area (Å²) in [4.78, 5) is 52.8. The SMILES string of the molecule is CCOC(=O)CCNC(=O)C(c1ccccc1C)N(C(=O)C(C)NC(=O)OC(C)(C)C)C1CCC1. The minimum absolute atomic E-state index is 0.0358. The van der Waals surface area contributed by atoms with Crippen molar-refractivity contribution in [3.05, 3.63) is 35.4 Å². The van der Waals surface area contributed by atoms with Gasteiger partial charge in [-0.05, 0) is 71.9 Å². The minimum Gasteiger partial charge on any atom is -0.466 e. The van der Waals surface area contributed by atoms with Crippen molar-refractivity contribution in [2.24, 2.45) is 0 Å². The molecule has 1 aromatic rings. The number of aryl methyl sites for hydroxylation is 1. The van der Waals surface area contributed by atoms with Crippen molar-refractivity contribution in [3.63, 3.8) is 0 Å². The molecule has 0 heterocycles. The van der Waals surface area contributed by atoms with Crippen molar-refractivity contribution >= 4 is 23.9 Å². The maximum absolute atomic E-state index is 13.7. The number of amides is 3. The molecule has 9 heteroatoms. The first-order valence-corrected chi connectivity index (χ1v) is 12.2. The van der Waals surface area contributed by atoms with Gasteiger partial charge in [0.2, 0.25) is 11.8 Å². The van der Waals surface area contributed by atoms with E-state index in [-0.39, 0.29) is 37.4 Å². The Labute approximate surface area is 207 Å². The Balaban J connectivity index is 2.31. The number of esters is 1. The number of alkyl carbamates (subject to hydrolysis) is 1. The Morgan fingerprint density at radius 3 is 2.34 bits per heavy atom. The Kier molecular flexibility index (Phi) is 10.1. The van der Waals surface area contributed by atoms with E-state index in [1.807, 2.05) is 31.2 Å². The Bertz CT molecular complexity index is 907. The van der Waals surface area contributed by atoms with Crippen LogP contribution in [-0.4, -0.2) is 59.6 Å². The zero-order valence-corrected chi connectivity index (χ0v) is 21.7. The van der Waals surface area contributed by atoms with Crippen LogP contribution < -0.4 is 10.6 Å². The average Bonchev–Trinajstić information content (AvgIpc) is 2.71. The second kappa shape index (κ2) is 12.6. The van der Waals surface area contributed by atoms with Gasteiger partial charge in [-0.25, -0.2) is 4.79 Å². The van der Waals surface area contributed by atoms with Crippen LogP contribution in [0.15, 0.2) is 24.3 Å². The summed E-state index contributed by atoms with van der Waals surface area (Å²) in [5, 5.41) is 5.41. The fourth-order valence-corrected chi connectivity index (χ4v) is 3.88. The largest absolute Gasteiger partial charge is 0.466 e. The molecule has 2 unspecified atom stereocenters. The van der Waals surface area contributed by atoms with Gasteiger partial charge in [0.25, 0.3) is 0 Å². The van der Waals surface area contributed by atoms with Gasteiger partial charge in [0.05, 0.1) is 13.0 Å². The van der Waals surface area contributed by atoms with Crippen molar-refractivity contribution in [2.45, 2.75) is 91.0 Å². The topological polar surface area (TPSA) is 114 Å². The fourth-order valence-electron chi connectivity index (χ4n) is 3.88. The number of rotatable bonds is 10. The van der Waals surface area contributed by atoms with Crippen LogP contribution >= 0.6 is 0 Å². The third kappa shape index (κ3) is 8.26. The van der Waals surface area contributed by atoms with Gasteiger partial charge in [-0.3, -0.25) is 14.4 Å². The van der Waals surface area contributed by atoms with Crippen LogP contribution in [0, 0.1) is 6.92 Å². The third-order valence-corrected chi connectivity index (χ3v) is 5.77. The molecule has 1 aliphatic carbocycles. The fraction of sp³-hybridized carbons (Fsp3) is 0.615. The monoisotopic (exact) mass is 489 g/mol. The molecule has 1 saturated carbocycles. The summed E-state index contributed by atoms with van der Waals surface area (Å²) in [6, 6.07) is 5.48. The van der Waals surface area contributed by atoms with E-state index < -0.39 is 29.7 Å². The molecule has 1 aliphatic rings. The average molecular weight is 490 g/mol. The molecule has 0 bridgehead atoms.